The Labute approximate surface area is 179 Å². The van der Waals surface area contributed by atoms with Crippen LogP contribution in [0.4, 0.5) is 0 Å². The van der Waals surface area contributed by atoms with Crippen molar-refractivity contribution in [1.29, 1.82) is 0 Å². The maximum Gasteiger partial charge on any atom is 0.232 e. The first-order chi connectivity index (χ1) is 14.8. The topological polar surface area (TPSA) is 32.3 Å². The molecule has 4 rings (SSSR count). The van der Waals surface area contributed by atoms with Crippen molar-refractivity contribution < 1.29 is 4.79 Å². The molecule has 1 N–H and O–H groups in total. The second-order valence-corrected chi connectivity index (χ2v) is 8.09. The van der Waals surface area contributed by atoms with Gasteiger partial charge in [0.25, 0.3) is 0 Å². The third-order valence-electron chi connectivity index (χ3n) is 6.03. The van der Waals surface area contributed by atoms with E-state index in [1.54, 1.807) is 0 Å². The minimum absolute atomic E-state index is 0.0833. The number of benzene rings is 3. The first-order valence-electron chi connectivity index (χ1n) is 11.0. The van der Waals surface area contributed by atoms with Crippen molar-refractivity contribution in [3.63, 3.8) is 0 Å². The summed E-state index contributed by atoms with van der Waals surface area (Å²) in [7, 11) is 0. The highest BCUT2D eigenvalue weighted by Crippen LogP contribution is 2.25. The quantitative estimate of drug-likeness (QED) is 0.580. The summed E-state index contributed by atoms with van der Waals surface area (Å²) in [5.74, 6) is -0.184. The predicted molar refractivity (Wildman–Crippen MR) is 122 cm³/mol. The SMILES string of the molecule is O=C(NCCC1CCCN1Cc1ccccc1)C(c1ccccc1)c1ccccc1. The summed E-state index contributed by atoms with van der Waals surface area (Å²) in [6, 6.07) is 31.3. The molecule has 0 aliphatic carbocycles. The van der Waals surface area contributed by atoms with E-state index < -0.39 is 0 Å². The molecule has 3 aromatic carbocycles. The van der Waals surface area contributed by atoms with Crippen molar-refractivity contribution in [3.05, 3.63) is 108 Å². The van der Waals surface area contributed by atoms with Crippen LogP contribution in [-0.2, 0) is 11.3 Å². The van der Waals surface area contributed by atoms with Gasteiger partial charge in [0.05, 0.1) is 5.92 Å². The van der Waals surface area contributed by atoms with Gasteiger partial charge in [-0.2, -0.15) is 0 Å². The molecule has 3 aromatic rings. The maximum absolute atomic E-state index is 13.2. The summed E-state index contributed by atoms with van der Waals surface area (Å²) >= 11 is 0. The normalized spacial score (nSPS) is 16.6. The molecule has 30 heavy (non-hydrogen) atoms. The zero-order chi connectivity index (χ0) is 20.6. The van der Waals surface area contributed by atoms with Gasteiger partial charge in [0.2, 0.25) is 5.91 Å². The highest BCUT2D eigenvalue weighted by Gasteiger charge is 2.26. The Morgan fingerprint density at radius 2 is 1.43 bits per heavy atom. The third kappa shape index (κ3) is 5.17. The molecular formula is C27H30N2O. The van der Waals surface area contributed by atoms with Gasteiger partial charge in [0.15, 0.2) is 0 Å². The minimum atomic E-state index is -0.267. The summed E-state index contributed by atoms with van der Waals surface area (Å²) in [5.41, 5.74) is 3.43. The van der Waals surface area contributed by atoms with E-state index in [4.69, 9.17) is 0 Å². The monoisotopic (exact) mass is 398 g/mol. The van der Waals surface area contributed by atoms with Crippen LogP contribution < -0.4 is 5.32 Å². The second kappa shape index (κ2) is 10.2. The highest BCUT2D eigenvalue weighted by molar-refractivity contribution is 5.87. The molecule has 0 bridgehead atoms. The van der Waals surface area contributed by atoms with Crippen LogP contribution in [0.3, 0.4) is 0 Å². The lowest BCUT2D eigenvalue weighted by Crippen LogP contribution is -2.35. The van der Waals surface area contributed by atoms with Crippen LogP contribution in [0.1, 0.15) is 41.9 Å². The van der Waals surface area contributed by atoms with Crippen LogP contribution in [0, 0.1) is 0 Å². The zero-order valence-corrected chi connectivity index (χ0v) is 17.4. The first-order valence-corrected chi connectivity index (χ1v) is 11.0. The van der Waals surface area contributed by atoms with Crippen LogP contribution in [0.25, 0.3) is 0 Å². The summed E-state index contributed by atoms with van der Waals surface area (Å²) in [5, 5.41) is 3.23. The van der Waals surface area contributed by atoms with E-state index in [9.17, 15) is 4.79 Å². The molecule has 1 amide bonds. The molecule has 1 atom stereocenters. The highest BCUT2D eigenvalue weighted by atomic mass is 16.1. The van der Waals surface area contributed by atoms with Crippen molar-refractivity contribution in [2.75, 3.05) is 13.1 Å². The van der Waals surface area contributed by atoms with Crippen molar-refractivity contribution in [1.82, 2.24) is 10.2 Å². The van der Waals surface area contributed by atoms with Crippen LogP contribution in [0.2, 0.25) is 0 Å². The van der Waals surface area contributed by atoms with Gasteiger partial charge >= 0.3 is 0 Å². The molecule has 1 fully saturated rings. The Balaban J connectivity index is 1.36. The molecule has 1 unspecified atom stereocenters. The van der Waals surface area contributed by atoms with Crippen LogP contribution in [-0.4, -0.2) is 29.9 Å². The zero-order valence-electron chi connectivity index (χ0n) is 17.4. The smallest absolute Gasteiger partial charge is 0.232 e. The number of carbonyl (C=O) groups excluding carboxylic acids is 1. The maximum atomic E-state index is 13.2. The molecule has 0 aromatic heterocycles. The third-order valence-corrected chi connectivity index (χ3v) is 6.03. The standard InChI is InChI=1S/C27H30N2O/c30-27(26(23-13-6-2-7-14-23)24-15-8-3-9-16-24)28-19-18-25-17-10-20-29(25)21-22-11-4-1-5-12-22/h1-9,11-16,25-26H,10,17-21H2,(H,28,30). The van der Waals surface area contributed by atoms with Gasteiger partial charge in [0, 0.05) is 19.1 Å². The Kier molecular flexibility index (Phi) is 6.94. The van der Waals surface area contributed by atoms with E-state index >= 15 is 0 Å². The lowest BCUT2D eigenvalue weighted by atomic mass is 9.90. The summed E-state index contributed by atoms with van der Waals surface area (Å²) in [4.78, 5) is 15.7. The van der Waals surface area contributed by atoms with Gasteiger partial charge in [-0.3, -0.25) is 9.69 Å². The van der Waals surface area contributed by atoms with Gasteiger partial charge in [0.1, 0.15) is 0 Å². The van der Waals surface area contributed by atoms with E-state index in [1.807, 2.05) is 60.7 Å². The molecular weight excluding hydrogens is 368 g/mol. The fourth-order valence-electron chi connectivity index (χ4n) is 4.50. The van der Waals surface area contributed by atoms with Crippen molar-refractivity contribution in [3.8, 4) is 0 Å². The molecule has 3 heteroatoms. The Morgan fingerprint density at radius 3 is 2.03 bits per heavy atom. The van der Waals surface area contributed by atoms with E-state index in [1.165, 1.54) is 18.4 Å². The molecule has 0 radical (unpaired) electrons. The molecule has 0 spiro atoms. The number of nitrogens with zero attached hydrogens (tertiary/aromatic N) is 1. The van der Waals surface area contributed by atoms with E-state index in [2.05, 4.69) is 40.5 Å². The molecule has 1 aliphatic heterocycles. The van der Waals surface area contributed by atoms with E-state index in [0.29, 0.717) is 12.6 Å². The Morgan fingerprint density at radius 1 is 0.867 bits per heavy atom. The molecule has 154 valence electrons. The average Bonchev–Trinajstić information content (AvgIpc) is 3.23. The number of rotatable bonds is 8. The fourth-order valence-corrected chi connectivity index (χ4v) is 4.50. The van der Waals surface area contributed by atoms with Crippen LogP contribution in [0.5, 0.6) is 0 Å². The molecule has 1 heterocycles. The first kappa shape index (κ1) is 20.4. The Bertz CT molecular complexity index is 872. The largest absolute Gasteiger partial charge is 0.355 e. The van der Waals surface area contributed by atoms with Crippen molar-refractivity contribution in [2.24, 2.45) is 0 Å². The lowest BCUT2D eigenvalue weighted by molar-refractivity contribution is -0.121. The van der Waals surface area contributed by atoms with Gasteiger partial charge in [-0.25, -0.2) is 0 Å². The number of likely N-dealkylation sites (tertiary alicyclic amines) is 1. The molecule has 0 saturated carbocycles. The summed E-state index contributed by atoms with van der Waals surface area (Å²) in [6.45, 7) is 2.85. The van der Waals surface area contributed by atoms with Crippen molar-refractivity contribution in [2.45, 2.75) is 37.8 Å². The number of carbonyl (C=O) groups is 1. The predicted octanol–water partition coefficient (Wildman–Crippen LogP) is 4.99. The fraction of sp³-hybridized carbons (Fsp3) is 0.296. The van der Waals surface area contributed by atoms with Gasteiger partial charge in [-0.1, -0.05) is 91.0 Å². The number of hydrogen-bond donors (Lipinski definition) is 1. The van der Waals surface area contributed by atoms with Crippen LogP contribution in [0.15, 0.2) is 91.0 Å². The van der Waals surface area contributed by atoms with Gasteiger partial charge in [-0.15, -0.1) is 0 Å². The van der Waals surface area contributed by atoms with Gasteiger partial charge < -0.3 is 5.32 Å². The minimum Gasteiger partial charge on any atom is -0.355 e. The lowest BCUT2D eigenvalue weighted by Gasteiger charge is -2.25. The Hall–Kier alpha value is -2.91. The summed E-state index contributed by atoms with van der Waals surface area (Å²) in [6.07, 6.45) is 3.44. The second-order valence-electron chi connectivity index (χ2n) is 8.09. The number of hydrogen-bond acceptors (Lipinski definition) is 2. The van der Waals surface area contributed by atoms with E-state index in [-0.39, 0.29) is 11.8 Å². The van der Waals surface area contributed by atoms with Crippen molar-refractivity contribution >= 4 is 5.91 Å². The van der Waals surface area contributed by atoms with Crippen LogP contribution >= 0.6 is 0 Å². The number of nitrogens with one attached hydrogen (secondary N) is 1. The number of amides is 1. The molecule has 1 aliphatic rings. The van der Waals surface area contributed by atoms with E-state index in [0.717, 1.165) is 30.6 Å². The van der Waals surface area contributed by atoms with Gasteiger partial charge in [-0.05, 0) is 42.5 Å². The molecule has 1 saturated heterocycles. The molecule has 3 nitrogen and oxygen atoms in total. The summed E-state index contributed by atoms with van der Waals surface area (Å²) < 4.78 is 0. The average molecular weight is 399 g/mol.